The zero-order valence-electron chi connectivity index (χ0n) is 13.9. The number of ether oxygens (including phenoxy) is 2. The van der Waals surface area contributed by atoms with Gasteiger partial charge < -0.3 is 9.47 Å². The zero-order chi connectivity index (χ0) is 16.9. The smallest absolute Gasteiger partial charge is 0.252 e. The predicted octanol–water partition coefficient (Wildman–Crippen LogP) is 3.09. The molecular formula is C19H20N2O3. The third-order valence-corrected chi connectivity index (χ3v) is 4.04. The molecule has 5 nitrogen and oxygen atoms in total. The van der Waals surface area contributed by atoms with Crippen LogP contribution in [0.3, 0.4) is 0 Å². The number of hydrogen-bond donors (Lipinski definition) is 0. The number of hydrogen-bond acceptors (Lipinski definition) is 4. The minimum absolute atomic E-state index is 0.0653. The molecule has 1 aromatic carbocycles. The minimum atomic E-state index is -0.0653. The molecule has 0 fully saturated rings. The number of anilines is 1. The van der Waals surface area contributed by atoms with Crippen molar-refractivity contribution in [3.05, 3.63) is 53.7 Å². The van der Waals surface area contributed by atoms with Crippen LogP contribution in [-0.4, -0.2) is 31.7 Å². The van der Waals surface area contributed by atoms with Crippen LogP contribution in [0.25, 0.3) is 6.08 Å². The molecule has 0 radical (unpaired) electrons. The molecule has 5 heteroatoms. The highest BCUT2D eigenvalue weighted by Gasteiger charge is 2.21. The maximum Gasteiger partial charge on any atom is 0.252 e. The number of pyridine rings is 1. The number of rotatable bonds is 4. The first-order chi connectivity index (χ1) is 11.7. The fraction of sp³-hybridized carbons (Fsp3) is 0.263. The molecule has 0 N–H and O–H groups in total. The Kier molecular flexibility index (Phi) is 4.79. The molecule has 1 aromatic heterocycles. The van der Waals surface area contributed by atoms with E-state index in [9.17, 15) is 4.79 Å². The van der Waals surface area contributed by atoms with Crippen molar-refractivity contribution < 1.29 is 14.3 Å². The van der Waals surface area contributed by atoms with E-state index in [0.717, 1.165) is 29.8 Å². The normalized spacial score (nSPS) is 13.7. The van der Waals surface area contributed by atoms with Crippen LogP contribution in [-0.2, 0) is 11.2 Å². The molecular weight excluding hydrogens is 304 g/mol. The molecule has 0 saturated carbocycles. The highest BCUT2D eigenvalue weighted by Crippen LogP contribution is 2.28. The van der Waals surface area contributed by atoms with Crippen LogP contribution in [0.4, 0.5) is 5.82 Å². The quantitative estimate of drug-likeness (QED) is 0.811. The number of carbonyl (C=O) groups excluding carboxylic acids is 1. The largest absolute Gasteiger partial charge is 0.493 e. The van der Waals surface area contributed by atoms with Gasteiger partial charge in [0.1, 0.15) is 5.82 Å². The Morgan fingerprint density at radius 1 is 1.21 bits per heavy atom. The van der Waals surface area contributed by atoms with Gasteiger partial charge in [0, 0.05) is 18.8 Å². The molecule has 0 spiro atoms. The fourth-order valence-electron chi connectivity index (χ4n) is 2.83. The molecule has 1 aliphatic rings. The van der Waals surface area contributed by atoms with Crippen LogP contribution >= 0.6 is 0 Å². The van der Waals surface area contributed by atoms with Crippen molar-refractivity contribution in [1.82, 2.24) is 4.98 Å². The van der Waals surface area contributed by atoms with E-state index in [1.807, 2.05) is 30.3 Å². The van der Waals surface area contributed by atoms with Crippen molar-refractivity contribution in [1.29, 1.82) is 0 Å². The van der Waals surface area contributed by atoms with E-state index in [0.29, 0.717) is 18.0 Å². The molecule has 24 heavy (non-hydrogen) atoms. The second-order valence-electron chi connectivity index (χ2n) is 5.53. The lowest BCUT2D eigenvalue weighted by molar-refractivity contribution is -0.114. The van der Waals surface area contributed by atoms with Crippen LogP contribution < -0.4 is 14.4 Å². The number of aryl methyl sites for hydroxylation is 1. The van der Waals surface area contributed by atoms with E-state index in [1.54, 1.807) is 37.5 Å². The summed E-state index contributed by atoms with van der Waals surface area (Å²) in [5.41, 5.74) is 2.00. The SMILES string of the molecule is COc1ccc(/C=C/C(=O)N2CCCc3cccnc32)cc1OC. The van der Waals surface area contributed by atoms with Gasteiger partial charge >= 0.3 is 0 Å². The molecule has 2 aromatic rings. The van der Waals surface area contributed by atoms with E-state index >= 15 is 0 Å². The van der Waals surface area contributed by atoms with Gasteiger partial charge in [-0.3, -0.25) is 9.69 Å². The standard InChI is InChI=1S/C19H20N2O3/c1-23-16-9-7-14(13-17(16)24-2)8-10-18(22)21-12-4-6-15-5-3-11-20-19(15)21/h3,5,7-11,13H,4,6,12H2,1-2H3/b10-8+. The molecule has 0 unspecified atom stereocenters. The van der Waals surface area contributed by atoms with Crippen molar-refractivity contribution in [2.75, 3.05) is 25.7 Å². The van der Waals surface area contributed by atoms with Crippen molar-refractivity contribution in [3.8, 4) is 11.5 Å². The third kappa shape index (κ3) is 3.25. The molecule has 0 atom stereocenters. The average molecular weight is 324 g/mol. The van der Waals surface area contributed by atoms with Gasteiger partial charge in [0.25, 0.3) is 5.91 Å². The van der Waals surface area contributed by atoms with Gasteiger partial charge in [-0.05, 0) is 48.2 Å². The Morgan fingerprint density at radius 2 is 2.04 bits per heavy atom. The highest BCUT2D eigenvalue weighted by molar-refractivity contribution is 6.03. The molecule has 0 aliphatic carbocycles. The predicted molar refractivity (Wildman–Crippen MR) is 93.5 cm³/mol. The Morgan fingerprint density at radius 3 is 2.83 bits per heavy atom. The summed E-state index contributed by atoms with van der Waals surface area (Å²) in [4.78, 5) is 18.6. The molecule has 0 saturated heterocycles. The molecule has 124 valence electrons. The summed E-state index contributed by atoms with van der Waals surface area (Å²) < 4.78 is 10.5. The van der Waals surface area contributed by atoms with Gasteiger partial charge in [0.05, 0.1) is 14.2 Å². The van der Waals surface area contributed by atoms with Crippen molar-refractivity contribution in [2.24, 2.45) is 0 Å². The summed E-state index contributed by atoms with van der Waals surface area (Å²) in [5, 5.41) is 0. The summed E-state index contributed by atoms with van der Waals surface area (Å²) in [5.74, 6) is 2.00. The maximum atomic E-state index is 12.6. The number of methoxy groups -OCH3 is 2. The van der Waals surface area contributed by atoms with Crippen LogP contribution in [0.2, 0.25) is 0 Å². The molecule has 1 amide bonds. The van der Waals surface area contributed by atoms with Gasteiger partial charge in [-0.2, -0.15) is 0 Å². The summed E-state index contributed by atoms with van der Waals surface area (Å²) in [7, 11) is 3.19. The van der Waals surface area contributed by atoms with Gasteiger partial charge in [-0.1, -0.05) is 12.1 Å². The molecule has 2 heterocycles. The molecule has 1 aliphatic heterocycles. The number of aromatic nitrogens is 1. The minimum Gasteiger partial charge on any atom is -0.493 e. The van der Waals surface area contributed by atoms with E-state index < -0.39 is 0 Å². The van der Waals surface area contributed by atoms with Gasteiger partial charge in [0.15, 0.2) is 11.5 Å². The average Bonchev–Trinajstić information content (AvgIpc) is 2.65. The van der Waals surface area contributed by atoms with E-state index in [1.165, 1.54) is 0 Å². The van der Waals surface area contributed by atoms with Crippen molar-refractivity contribution in [2.45, 2.75) is 12.8 Å². The van der Waals surface area contributed by atoms with Gasteiger partial charge in [-0.25, -0.2) is 4.98 Å². The summed E-state index contributed by atoms with van der Waals surface area (Å²) in [6.45, 7) is 0.694. The Balaban J connectivity index is 1.79. The fourth-order valence-corrected chi connectivity index (χ4v) is 2.83. The van der Waals surface area contributed by atoms with Gasteiger partial charge in [0.2, 0.25) is 0 Å². The highest BCUT2D eigenvalue weighted by atomic mass is 16.5. The second-order valence-corrected chi connectivity index (χ2v) is 5.53. The Hall–Kier alpha value is -2.82. The first-order valence-corrected chi connectivity index (χ1v) is 7.88. The van der Waals surface area contributed by atoms with Crippen LogP contribution in [0.5, 0.6) is 11.5 Å². The lowest BCUT2D eigenvalue weighted by Crippen LogP contribution is -2.34. The first kappa shape index (κ1) is 16.1. The molecule has 3 rings (SSSR count). The summed E-state index contributed by atoms with van der Waals surface area (Å²) in [6, 6.07) is 9.48. The van der Waals surface area contributed by atoms with Crippen LogP contribution in [0.1, 0.15) is 17.5 Å². The monoisotopic (exact) mass is 324 g/mol. The lowest BCUT2D eigenvalue weighted by Gasteiger charge is -2.27. The Labute approximate surface area is 141 Å². The van der Waals surface area contributed by atoms with Gasteiger partial charge in [-0.15, -0.1) is 0 Å². The van der Waals surface area contributed by atoms with E-state index in [-0.39, 0.29) is 5.91 Å². The maximum absolute atomic E-state index is 12.6. The van der Waals surface area contributed by atoms with Crippen LogP contribution in [0, 0.1) is 0 Å². The van der Waals surface area contributed by atoms with Crippen molar-refractivity contribution >= 4 is 17.8 Å². The van der Waals surface area contributed by atoms with E-state index in [2.05, 4.69) is 4.98 Å². The number of amides is 1. The van der Waals surface area contributed by atoms with Crippen LogP contribution in [0.15, 0.2) is 42.6 Å². The number of nitrogens with zero attached hydrogens (tertiary/aromatic N) is 2. The van der Waals surface area contributed by atoms with Crippen molar-refractivity contribution in [3.63, 3.8) is 0 Å². The molecule has 0 bridgehead atoms. The summed E-state index contributed by atoms with van der Waals surface area (Å²) in [6.07, 6.45) is 7.00. The first-order valence-electron chi connectivity index (χ1n) is 7.88. The Bertz CT molecular complexity index is 771. The number of carbonyl (C=O) groups is 1. The zero-order valence-corrected chi connectivity index (χ0v) is 13.9. The summed E-state index contributed by atoms with van der Waals surface area (Å²) >= 11 is 0. The number of fused-ring (bicyclic) bond motifs is 1. The lowest BCUT2D eigenvalue weighted by atomic mass is 10.1. The third-order valence-electron chi connectivity index (χ3n) is 4.04. The topological polar surface area (TPSA) is 51.7 Å². The number of benzene rings is 1. The van der Waals surface area contributed by atoms with E-state index in [4.69, 9.17) is 9.47 Å². The second kappa shape index (κ2) is 7.17.